The van der Waals surface area contributed by atoms with Crippen molar-refractivity contribution in [2.75, 3.05) is 0 Å². The molecule has 1 aliphatic rings. The minimum absolute atomic E-state index is 0.174. The van der Waals surface area contributed by atoms with E-state index in [1.54, 1.807) is 0 Å². The fourth-order valence-electron chi connectivity index (χ4n) is 3.47. The fraction of sp³-hybridized carbons (Fsp3) is 0.647. The Kier molecular flexibility index (Phi) is 7.12. The van der Waals surface area contributed by atoms with Gasteiger partial charge in [-0.15, -0.1) is 0 Å². The molecule has 0 bridgehead atoms. The molecule has 0 aromatic heterocycles. The van der Waals surface area contributed by atoms with E-state index < -0.39 is 36.0 Å². The number of halogens is 4. The lowest BCUT2D eigenvalue weighted by Crippen LogP contribution is -2.28. The highest BCUT2D eigenvalue weighted by atomic mass is 32.2. The largest absolute Gasteiger partial charge is 0.534 e. The summed E-state index contributed by atoms with van der Waals surface area (Å²) in [5.74, 6) is -1.83. The van der Waals surface area contributed by atoms with E-state index in [1.807, 2.05) is 0 Å². The highest BCUT2D eigenvalue weighted by Gasteiger charge is 2.48. The number of rotatable bonds is 7. The van der Waals surface area contributed by atoms with Crippen molar-refractivity contribution < 1.29 is 30.2 Å². The van der Waals surface area contributed by atoms with Gasteiger partial charge in [-0.2, -0.15) is 21.6 Å². The van der Waals surface area contributed by atoms with Crippen LogP contribution in [0.25, 0.3) is 0 Å². The van der Waals surface area contributed by atoms with Crippen LogP contribution in [0.1, 0.15) is 50.5 Å². The quantitative estimate of drug-likeness (QED) is 0.199. The second-order valence-corrected chi connectivity index (χ2v) is 11.9. The van der Waals surface area contributed by atoms with Gasteiger partial charge in [0.05, 0.1) is 0 Å². The summed E-state index contributed by atoms with van der Waals surface area (Å²) in [6.45, 7) is 2.18. The fourth-order valence-corrected chi connectivity index (χ4v) is 7.42. The molecule has 0 spiro atoms. The summed E-state index contributed by atoms with van der Waals surface area (Å²) in [6, 6.07) is 7.27. The number of alkyl halides is 3. The van der Waals surface area contributed by atoms with Crippen molar-refractivity contribution in [1.82, 2.24) is 0 Å². The van der Waals surface area contributed by atoms with E-state index in [2.05, 4.69) is 11.1 Å². The molecule has 1 fully saturated rings. The molecule has 1 saturated heterocycles. The van der Waals surface area contributed by atoms with Gasteiger partial charge in [0.2, 0.25) is 0 Å². The third kappa shape index (κ3) is 5.45. The van der Waals surface area contributed by atoms with Gasteiger partial charge >= 0.3 is 15.6 Å². The van der Waals surface area contributed by atoms with Crippen molar-refractivity contribution in [3.05, 3.63) is 29.6 Å². The predicted octanol–water partition coefficient (Wildman–Crippen LogP) is 5.35. The van der Waals surface area contributed by atoms with Gasteiger partial charge in [0.25, 0.3) is 0 Å². The Labute approximate surface area is 153 Å². The Morgan fingerprint density at radius 1 is 1.19 bits per heavy atom. The van der Waals surface area contributed by atoms with Crippen LogP contribution < -0.4 is 4.18 Å². The molecular formula is C17H24F4O3SSi. The highest BCUT2D eigenvalue weighted by molar-refractivity contribution is 7.88. The second-order valence-electron chi connectivity index (χ2n) is 6.89. The molecule has 9 heteroatoms. The molecule has 26 heavy (non-hydrogen) atoms. The lowest BCUT2D eigenvalue weighted by molar-refractivity contribution is -0.0500. The third-order valence-electron chi connectivity index (χ3n) is 4.97. The van der Waals surface area contributed by atoms with Crippen molar-refractivity contribution in [1.29, 1.82) is 0 Å². The van der Waals surface area contributed by atoms with E-state index >= 15 is 0 Å². The van der Waals surface area contributed by atoms with Crippen LogP contribution in [0, 0.1) is 5.82 Å². The minimum atomic E-state index is -5.86. The summed E-state index contributed by atoms with van der Waals surface area (Å²) < 4.78 is 76.9. The van der Waals surface area contributed by atoms with Crippen LogP contribution in [-0.4, -0.2) is 22.7 Å². The summed E-state index contributed by atoms with van der Waals surface area (Å²) in [4.78, 5) is 0. The molecule has 1 heterocycles. The molecule has 3 nitrogen and oxygen atoms in total. The van der Waals surface area contributed by atoms with E-state index in [4.69, 9.17) is 0 Å². The normalized spacial score (nSPS) is 21.6. The first-order valence-electron chi connectivity index (χ1n) is 8.94. The lowest BCUT2D eigenvalue weighted by atomic mass is 9.93. The Morgan fingerprint density at radius 2 is 1.85 bits per heavy atom. The number of hydrogen-bond donors (Lipinski definition) is 0. The maximum Gasteiger partial charge on any atom is 0.534 e. The SMILES string of the molecule is CCCCC[SiH]1CCC(c2ccc(OS(=O)(=O)C(F)(F)F)c(F)c2)CC1. The molecule has 0 atom stereocenters. The summed E-state index contributed by atoms with van der Waals surface area (Å²) in [5, 5.41) is 0. The number of hydrogen-bond acceptors (Lipinski definition) is 3. The molecule has 0 radical (unpaired) electrons. The number of benzene rings is 1. The van der Waals surface area contributed by atoms with Crippen molar-refractivity contribution in [2.45, 2.75) is 68.6 Å². The maximum absolute atomic E-state index is 14.1. The Hall–Kier alpha value is -1.09. The van der Waals surface area contributed by atoms with E-state index in [0.29, 0.717) is 5.56 Å². The Balaban J connectivity index is 1.98. The van der Waals surface area contributed by atoms with E-state index in [0.717, 1.165) is 25.0 Å². The first kappa shape index (κ1) is 21.2. The second kappa shape index (κ2) is 8.73. The standard InChI is InChI=1S/C17H24F4O3SSi/c1-2-3-4-9-26-10-7-13(8-11-26)14-5-6-16(15(18)12-14)24-25(22,23)17(19,20)21/h5-6,12-13,26H,2-4,7-11H2,1H3. The molecule has 1 aromatic carbocycles. The molecule has 0 N–H and O–H groups in total. The van der Waals surface area contributed by atoms with Crippen LogP contribution in [0.5, 0.6) is 5.75 Å². The zero-order valence-corrected chi connectivity index (χ0v) is 16.7. The first-order valence-corrected chi connectivity index (χ1v) is 12.8. The zero-order chi connectivity index (χ0) is 19.4. The number of unbranched alkanes of at least 4 members (excludes halogenated alkanes) is 2. The van der Waals surface area contributed by atoms with Gasteiger partial charge in [-0.05, 0) is 36.5 Å². The summed E-state index contributed by atoms with van der Waals surface area (Å²) in [7, 11) is -6.58. The van der Waals surface area contributed by atoms with Gasteiger partial charge in [0, 0.05) is 8.80 Å². The summed E-state index contributed by atoms with van der Waals surface area (Å²) in [6.07, 6.45) is 5.68. The van der Waals surface area contributed by atoms with Gasteiger partial charge in [-0.1, -0.05) is 50.4 Å². The third-order valence-corrected chi connectivity index (χ3v) is 9.46. The van der Waals surface area contributed by atoms with Crippen LogP contribution >= 0.6 is 0 Å². The zero-order valence-electron chi connectivity index (χ0n) is 14.7. The summed E-state index contributed by atoms with van der Waals surface area (Å²) in [5.41, 5.74) is -4.89. The highest BCUT2D eigenvalue weighted by Crippen LogP contribution is 2.37. The topological polar surface area (TPSA) is 43.4 Å². The average Bonchev–Trinajstić information content (AvgIpc) is 2.56. The lowest BCUT2D eigenvalue weighted by Gasteiger charge is -2.28. The van der Waals surface area contributed by atoms with Crippen LogP contribution in [0.15, 0.2) is 18.2 Å². The Morgan fingerprint density at radius 3 is 2.38 bits per heavy atom. The van der Waals surface area contributed by atoms with Crippen molar-refractivity contribution in [3.63, 3.8) is 0 Å². The minimum Gasteiger partial charge on any atom is -0.373 e. The van der Waals surface area contributed by atoms with Gasteiger partial charge in [-0.25, -0.2) is 4.39 Å². The van der Waals surface area contributed by atoms with Crippen molar-refractivity contribution in [2.24, 2.45) is 0 Å². The van der Waals surface area contributed by atoms with Gasteiger partial charge in [0.15, 0.2) is 11.6 Å². The first-order chi connectivity index (χ1) is 12.1. The van der Waals surface area contributed by atoms with Crippen LogP contribution in [0.3, 0.4) is 0 Å². The molecular weight excluding hydrogens is 388 g/mol. The Bertz CT molecular complexity index is 698. The van der Waals surface area contributed by atoms with Gasteiger partial charge in [0.1, 0.15) is 0 Å². The molecule has 0 amide bonds. The summed E-state index contributed by atoms with van der Waals surface area (Å²) >= 11 is 0. The molecule has 0 unspecified atom stereocenters. The van der Waals surface area contributed by atoms with E-state index in [-0.39, 0.29) is 5.92 Å². The van der Waals surface area contributed by atoms with Crippen molar-refractivity contribution >= 4 is 18.9 Å². The molecule has 0 aliphatic carbocycles. The molecule has 1 aromatic rings. The van der Waals surface area contributed by atoms with Gasteiger partial charge < -0.3 is 4.18 Å². The molecule has 1 aliphatic heterocycles. The maximum atomic E-state index is 14.1. The molecule has 2 rings (SSSR count). The molecule has 0 saturated carbocycles. The van der Waals surface area contributed by atoms with E-state index in [1.165, 1.54) is 43.5 Å². The van der Waals surface area contributed by atoms with Gasteiger partial charge in [-0.3, -0.25) is 0 Å². The van der Waals surface area contributed by atoms with Crippen LogP contribution in [-0.2, 0) is 10.1 Å². The van der Waals surface area contributed by atoms with Crippen LogP contribution in [0.4, 0.5) is 17.6 Å². The predicted molar refractivity (Wildman–Crippen MR) is 95.1 cm³/mol. The smallest absolute Gasteiger partial charge is 0.373 e. The average molecular weight is 413 g/mol. The molecule has 148 valence electrons. The van der Waals surface area contributed by atoms with E-state index in [9.17, 15) is 26.0 Å². The van der Waals surface area contributed by atoms with Crippen molar-refractivity contribution in [3.8, 4) is 5.75 Å². The monoisotopic (exact) mass is 412 g/mol. The van der Waals surface area contributed by atoms with Crippen LogP contribution in [0.2, 0.25) is 18.1 Å².